The average molecular weight is 1560 g/mol. The molecule has 0 bridgehead atoms. The molecule has 0 fully saturated rings. The molecule has 8 aromatic heterocycles. The zero-order chi connectivity index (χ0) is 76.7. The Bertz CT molecular complexity index is 5060. The molecule has 2 aliphatic rings. The average Bonchev–Trinajstić information content (AvgIpc) is 1.50. The van der Waals surface area contributed by atoms with Crippen LogP contribution in [0.25, 0.3) is 105 Å². The SMILES string of the molecule is CC.Cc1sc(C)c(F)c1F.[C-]#[N+]C(C#N)=C1/C(=C/c2sc3c(sc4c5c6nsnc6c6c7sc8c(CCCCCCCCCCC)c(/C=C9\C(=O)c%10ccccc%10\C9=C(\C#N)[N+]#[C-])sc8c7n(CC(CC)CCCC)c6c5n(CC(CC)CCCC)c34)c2CCCCCCCCCCC)C(=O)c2ccccc21. The standard InChI is InChI=1S/C82H90N8O2S5.C6H6F2S.C2H6/c1-9-15-19-21-23-25-27-29-31-43-57-63(45-59-65(61(47-83)85-7)53-39-33-35-41-55(53)75(59)91)93-81-73-79(95-77(57)81)67-69-70(88-97-87-69)68-72(71(67)89(73)49-51(13-5)37-17-11-3)90(50-52(14-6)38-18-12-4)74-80(68)96-78-58(44-32-30-28-26-24-22-20-16-10-2)64(94-82(74)78)46-60-66(62(48-84)86-8)54-40-34-36-42-56(54)76(60)92;1-3-5(7)6(8)4(2)9-3;1-2/h33-36,39-42,45-46,51-52H,9-32,37-38,43-44,49-50H2,1-6H3;1-2H3;1-2H3/b59-45-,60-46-,65-61+,66-62?;;. The highest BCUT2D eigenvalue weighted by Crippen LogP contribution is 2.56. The van der Waals surface area contributed by atoms with E-state index >= 15 is 0 Å². The third-order valence-corrected chi connectivity index (χ3v) is 28.6. The molecule has 2 aliphatic carbocycles. The number of allylic oxidation sites excluding steroid dienone is 6. The molecular weight excluding hydrogens is 1460 g/mol. The maximum atomic E-state index is 14.8. The first kappa shape index (κ1) is 81.2. The van der Waals surface area contributed by atoms with Crippen molar-refractivity contribution in [3.05, 3.63) is 158 Å². The van der Waals surface area contributed by atoms with Gasteiger partial charge in [-0.3, -0.25) is 9.59 Å². The maximum Gasteiger partial charge on any atom is 0.270 e. The summed E-state index contributed by atoms with van der Waals surface area (Å²) in [6.07, 6.45) is 36.4. The van der Waals surface area contributed by atoms with Crippen LogP contribution in [0.5, 0.6) is 0 Å². The second kappa shape index (κ2) is 38.2. The van der Waals surface area contributed by atoms with E-state index in [0.29, 0.717) is 66.1 Å². The number of nitrogens with zero attached hydrogens (tertiary/aromatic N) is 8. The van der Waals surface area contributed by atoms with Gasteiger partial charge in [0.25, 0.3) is 11.4 Å². The van der Waals surface area contributed by atoms with Crippen LogP contribution in [0.15, 0.2) is 71.1 Å². The van der Waals surface area contributed by atoms with Crippen molar-refractivity contribution >= 4 is 175 Å². The number of Topliss-reactive ketones (excluding diaryl/α,β-unsaturated/α-hetero) is 2. The van der Waals surface area contributed by atoms with Crippen LogP contribution in [0.3, 0.4) is 0 Å². The zero-order valence-corrected chi connectivity index (χ0v) is 69.6. The first-order valence-corrected chi connectivity index (χ1v) is 44.8. The molecule has 13 rings (SSSR count). The summed E-state index contributed by atoms with van der Waals surface area (Å²) >= 11 is 9.77. The van der Waals surface area contributed by atoms with Crippen molar-refractivity contribution in [1.29, 1.82) is 10.5 Å². The smallest absolute Gasteiger partial charge is 0.270 e. The number of aryl methyl sites for hydroxylation is 4. The molecule has 0 spiro atoms. The second-order valence-electron chi connectivity index (χ2n) is 29.0. The van der Waals surface area contributed by atoms with Crippen LogP contribution in [-0.2, 0) is 25.9 Å². The van der Waals surface area contributed by atoms with Crippen LogP contribution in [0.1, 0.15) is 285 Å². The van der Waals surface area contributed by atoms with Gasteiger partial charge in [0, 0.05) is 76.8 Å². The summed E-state index contributed by atoms with van der Waals surface area (Å²) in [5, 5.41) is 23.3. The summed E-state index contributed by atoms with van der Waals surface area (Å²) in [6.45, 7) is 39.0. The molecule has 18 heteroatoms. The predicted molar refractivity (Wildman–Crippen MR) is 459 cm³/mol. The van der Waals surface area contributed by atoms with Gasteiger partial charge in [-0.1, -0.05) is 245 Å². The number of carbonyl (C=O) groups is 2. The third kappa shape index (κ3) is 16.4. The third-order valence-electron chi connectivity index (χ3n) is 22.0. The molecule has 3 aromatic carbocycles. The molecule has 0 saturated heterocycles. The summed E-state index contributed by atoms with van der Waals surface area (Å²) in [7, 11) is 0. The molecule has 564 valence electrons. The second-order valence-corrected chi connectivity index (χ2v) is 35.1. The maximum absolute atomic E-state index is 14.8. The van der Waals surface area contributed by atoms with Crippen molar-refractivity contribution in [2.75, 3.05) is 0 Å². The van der Waals surface area contributed by atoms with Gasteiger partial charge in [-0.05, 0) is 98.6 Å². The van der Waals surface area contributed by atoms with E-state index in [4.69, 9.17) is 21.9 Å². The van der Waals surface area contributed by atoms with E-state index in [-0.39, 0.29) is 23.0 Å². The van der Waals surface area contributed by atoms with Gasteiger partial charge in [0.05, 0.1) is 87.3 Å². The fourth-order valence-corrected chi connectivity index (χ4v) is 23.5. The van der Waals surface area contributed by atoms with Crippen molar-refractivity contribution in [2.24, 2.45) is 11.8 Å². The largest absolute Gasteiger partial charge is 0.337 e. The highest BCUT2D eigenvalue weighted by atomic mass is 32.1. The number of thiophene rings is 5. The number of rotatable bonds is 34. The van der Waals surface area contributed by atoms with Crippen LogP contribution in [0.2, 0.25) is 0 Å². The van der Waals surface area contributed by atoms with E-state index in [9.17, 15) is 28.9 Å². The lowest BCUT2D eigenvalue weighted by Crippen LogP contribution is -2.13. The Morgan fingerprint density at radius 1 is 0.481 bits per heavy atom. The lowest BCUT2D eigenvalue weighted by Gasteiger charge is -2.20. The minimum Gasteiger partial charge on any atom is -0.337 e. The predicted octanol–water partition coefficient (Wildman–Crippen LogP) is 29.6. The number of aromatic nitrogens is 4. The molecular formula is C90H102F2N8O2S6. The fraction of sp³-hybridized carbons (Fsp3) is 0.467. The quantitative estimate of drug-likeness (QED) is 0.0171. The van der Waals surface area contributed by atoms with E-state index in [2.05, 4.69) is 72.5 Å². The van der Waals surface area contributed by atoms with Crippen LogP contribution >= 0.6 is 68.4 Å². The van der Waals surface area contributed by atoms with Gasteiger partial charge in [-0.2, -0.15) is 8.75 Å². The van der Waals surface area contributed by atoms with Crippen molar-refractivity contribution in [2.45, 2.75) is 262 Å². The number of benzene rings is 3. The molecule has 2 unspecified atom stereocenters. The number of halogens is 2. The topological polar surface area (TPSA) is 126 Å². The summed E-state index contributed by atoms with van der Waals surface area (Å²) in [6, 6.07) is 19.3. The monoisotopic (exact) mass is 1560 g/mol. The van der Waals surface area contributed by atoms with Crippen LogP contribution in [0.4, 0.5) is 8.78 Å². The van der Waals surface area contributed by atoms with Gasteiger partial charge < -0.3 is 9.13 Å². The highest BCUT2D eigenvalue weighted by molar-refractivity contribution is 7.35. The molecule has 0 radical (unpaired) electrons. The molecule has 10 nitrogen and oxygen atoms in total. The summed E-state index contributed by atoms with van der Waals surface area (Å²) in [5.41, 5.74) is 13.2. The first-order chi connectivity index (χ1) is 52.7. The molecule has 11 aromatic rings. The van der Waals surface area contributed by atoms with Crippen LogP contribution in [0, 0.1) is 73.1 Å². The van der Waals surface area contributed by atoms with Crippen molar-refractivity contribution in [3.63, 3.8) is 0 Å². The van der Waals surface area contributed by atoms with Gasteiger partial charge in [-0.15, -0.1) is 56.7 Å². The lowest BCUT2D eigenvalue weighted by atomic mass is 9.98. The van der Waals surface area contributed by atoms with Gasteiger partial charge in [0.1, 0.15) is 11.0 Å². The molecule has 0 N–H and O–H groups in total. The highest BCUT2D eigenvalue weighted by Gasteiger charge is 2.37. The Labute approximate surface area is 661 Å². The summed E-state index contributed by atoms with van der Waals surface area (Å²) in [4.78, 5) is 39.9. The minimum atomic E-state index is -0.697. The summed E-state index contributed by atoms with van der Waals surface area (Å²) < 4.78 is 48.4. The van der Waals surface area contributed by atoms with E-state index in [1.54, 1.807) is 36.5 Å². The zero-order valence-electron chi connectivity index (χ0n) is 64.7. The summed E-state index contributed by atoms with van der Waals surface area (Å²) in [5.74, 6) is -0.901. The normalized spacial score (nSPS) is 15.0. The minimum absolute atomic E-state index is 0.0634. The van der Waals surface area contributed by atoms with Gasteiger partial charge >= 0.3 is 0 Å². The van der Waals surface area contributed by atoms with Crippen molar-refractivity contribution in [3.8, 4) is 12.1 Å². The Hall–Kier alpha value is -7.78. The Morgan fingerprint density at radius 2 is 0.833 bits per heavy atom. The van der Waals surface area contributed by atoms with Gasteiger partial charge in [0.2, 0.25) is 0 Å². The van der Waals surface area contributed by atoms with E-state index in [0.717, 1.165) is 135 Å². The Balaban J connectivity index is 0.000000975. The number of carbonyl (C=O) groups excluding carboxylic acids is 2. The van der Waals surface area contributed by atoms with Gasteiger partial charge in [-0.25, -0.2) is 29.0 Å². The number of nitriles is 2. The molecule has 8 heterocycles. The Morgan fingerprint density at radius 3 is 1.16 bits per heavy atom. The molecule has 0 amide bonds. The van der Waals surface area contributed by atoms with E-state index < -0.39 is 11.6 Å². The van der Waals surface area contributed by atoms with Gasteiger partial charge in [0.15, 0.2) is 23.2 Å². The number of fused-ring (bicyclic) bond motifs is 16. The van der Waals surface area contributed by atoms with E-state index in [1.165, 1.54) is 174 Å². The van der Waals surface area contributed by atoms with Crippen molar-refractivity contribution < 1.29 is 18.4 Å². The number of unbranched alkanes of at least 4 members (excludes halogenated alkanes) is 18. The molecule has 2 atom stereocenters. The fourth-order valence-electron chi connectivity index (χ4n) is 16.2. The number of hydrogen-bond acceptors (Lipinski definition) is 12. The Kier molecular flexibility index (Phi) is 28.8. The van der Waals surface area contributed by atoms with Crippen LogP contribution in [-0.4, -0.2) is 29.4 Å². The lowest BCUT2D eigenvalue weighted by molar-refractivity contribution is 0.103. The number of hydrogen-bond donors (Lipinski definition) is 0. The van der Waals surface area contributed by atoms with Crippen molar-refractivity contribution in [1.82, 2.24) is 17.9 Å². The van der Waals surface area contributed by atoms with Crippen LogP contribution < -0.4 is 0 Å². The number of ketones is 2. The van der Waals surface area contributed by atoms with E-state index in [1.807, 2.05) is 97.2 Å². The molecule has 0 saturated carbocycles. The molecule has 0 aliphatic heterocycles. The first-order valence-electron chi connectivity index (χ1n) is 40.0. The molecule has 108 heavy (non-hydrogen) atoms.